The maximum absolute atomic E-state index is 13.0. The van der Waals surface area contributed by atoms with Gasteiger partial charge >= 0.3 is 6.18 Å². The van der Waals surface area contributed by atoms with Crippen molar-refractivity contribution in [3.05, 3.63) is 23.9 Å². The number of nitrogens with one attached hydrogen (secondary N) is 2. The van der Waals surface area contributed by atoms with Gasteiger partial charge in [-0.3, -0.25) is 0 Å². The number of halogens is 3. The van der Waals surface area contributed by atoms with Crippen molar-refractivity contribution in [1.29, 1.82) is 0 Å². The Morgan fingerprint density at radius 2 is 1.39 bits per heavy atom. The summed E-state index contributed by atoms with van der Waals surface area (Å²) in [6, 6.07) is 4.12. The monoisotopic (exact) mass is 392 g/mol. The van der Waals surface area contributed by atoms with Gasteiger partial charge in [0.1, 0.15) is 11.4 Å². The summed E-state index contributed by atoms with van der Waals surface area (Å²) in [4.78, 5) is 16.8. The molecule has 2 aliphatic carbocycles. The Morgan fingerprint density at radius 1 is 0.857 bits per heavy atom. The molecule has 2 N–H and O–H groups in total. The minimum atomic E-state index is -4.52. The maximum atomic E-state index is 13.0. The summed E-state index contributed by atoms with van der Waals surface area (Å²) < 4.78 is 39.1. The largest absolute Gasteiger partial charge is 0.433 e. The van der Waals surface area contributed by atoms with Gasteiger partial charge in [-0.25, -0.2) is 4.98 Å². The van der Waals surface area contributed by atoms with Crippen LogP contribution in [0.4, 0.5) is 25.1 Å². The lowest BCUT2D eigenvalue weighted by Crippen LogP contribution is -2.23. The van der Waals surface area contributed by atoms with E-state index >= 15 is 0 Å². The molecular weight excluding hydrogens is 369 g/mol. The molecule has 2 saturated carbocycles. The molecular formula is C19H23F3N6. The lowest BCUT2D eigenvalue weighted by atomic mass is 10.2. The highest BCUT2D eigenvalue weighted by Crippen LogP contribution is 2.35. The molecule has 2 aliphatic rings. The highest BCUT2D eigenvalue weighted by Gasteiger charge is 2.33. The Morgan fingerprint density at radius 3 is 1.86 bits per heavy atom. The van der Waals surface area contributed by atoms with Crippen LogP contribution >= 0.6 is 0 Å². The van der Waals surface area contributed by atoms with Crippen LogP contribution in [0.15, 0.2) is 18.2 Å². The summed E-state index contributed by atoms with van der Waals surface area (Å²) in [5, 5.41) is 6.53. The first-order valence-electron chi connectivity index (χ1n) is 9.63. The summed E-state index contributed by atoms with van der Waals surface area (Å²) >= 11 is 0. The fourth-order valence-corrected chi connectivity index (χ4v) is 3.17. The Labute approximate surface area is 161 Å². The molecule has 2 heterocycles. The first kappa shape index (κ1) is 18.9. The van der Waals surface area contributed by atoms with Crippen LogP contribution in [0.2, 0.25) is 0 Å². The first-order valence-corrected chi connectivity index (χ1v) is 9.63. The van der Waals surface area contributed by atoms with E-state index in [0.29, 0.717) is 23.7 Å². The minimum Gasteiger partial charge on any atom is -0.351 e. The molecule has 0 aromatic carbocycles. The second-order valence-corrected chi connectivity index (χ2v) is 7.75. The molecule has 0 spiro atoms. The molecule has 0 amide bonds. The van der Waals surface area contributed by atoms with Gasteiger partial charge in [-0.2, -0.15) is 28.1 Å². The van der Waals surface area contributed by atoms with Gasteiger partial charge in [0.25, 0.3) is 0 Å². The molecule has 2 atom stereocenters. The second kappa shape index (κ2) is 7.18. The number of hydrogen-bond acceptors (Lipinski definition) is 6. The van der Waals surface area contributed by atoms with E-state index in [9.17, 15) is 13.2 Å². The normalized spacial score (nSPS) is 19.2. The standard InChI is InChI=1S/C19H23F3N6/c1-10(12-6-7-12)23-17-26-16(14-4-3-5-15(25-14)19(20,21)22)27-18(28-17)24-11(2)13-8-9-13/h3-5,10-13H,6-9H2,1-2H3,(H2,23,24,26,27,28)/t10-,11-/m0/s1. The predicted molar refractivity (Wildman–Crippen MR) is 99.7 cm³/mol. The van der Waals surface area contributed by atoms with Crippen LogP contribution in [0.3, 0.4) is 0 Å². The quantitative estimate of drug-likeness (QED) is 0.729. The van der Waals surface area contributed by atoms with E-state index < -0.39 is 11.9 Å². The molecule has 0 aliphatic heterocycles. The summed E-state index contributed by atoms with van der Waals surface area (Å²) in [5.74, 6) is 1.99. The topological polar surface area (TPSA) is 75.6 Å². The van der Waals surface area contributed by atoms with Crippen molar-refractivity contribution in [3.63, 3.8) is 0 Å². The van der Waals surface area contributed by atoms with Gasteiger partial charge < -0.3 is 10.6 Å². The molecule has 9 heteroatoms. The van der Waals surface area contributed by atoms with Crippen LogP contribution < -0.4 is 10.6 Å². The number of nitrogens with zero attached hydrogens (tertiary/aromatic N) is 4. The van der Waals surface area contributed by atoms with Gasteiger partial charge in [-0.05, 0) is 63.5 Å². The number of aromatic nitrogens is 4. The SMILES string of the molecule is C[C@H](Nc1nc(N[C@@H](C)C2CC2)nc(-c2cccc(C(F)(F)F)n2)n1)C1CC1. The molecule has 6 nitrogen and oxygen atoms in total. The van der Waals surface area contributed by atoms with E-state index in [-0.39, 0.29) is 23.6 Å². The molecule has 0 unspecified atom stereocenters. The summed E-state index contributed by atoms with van der Waals surface area (Å²) in [6.45, 7) is 4.12. The Bertz CT molecular complexity index is 810. The zero-order valence-electron chi connectivity index (χ0n) is 15.8. The van der Waals surface area contributed by atoms with Crippen LogP contribution in [0, 0.1) is 11.8 Å². The molecule has 2 aromatic rings. The van der Waals surface area contributed by atoms with Gasteiger partial charge in [-0.15, -0.1) is 0 Å². The van der Waals surface area contributed by atoms with Crippen LogP contribution in [-0.4, -0.2) is 32.0 Å². The molecule has 2 fully saturated rings. The Hall–Kier alpha value is -2.45. The van der Waals surface area contributed by atoms with E-state index in [4.69, 9.17) is 0 Å². The molecule has 0 bridgehead atoms. The third-order valence-electron chi connectivity index (χ3n) is 5.28. The van der Waals surface area contributed by atoms with Crippen molar-refractivity contribution in [1.82, 2.24) is 19.9 Å². The number of pyridine rings is 1. The molecule has 2 aromatic heterocycles. The summed E-state index contributed by atoms with van der Waals surface area (Å²) in [5.41, 5.74) is -0.895. The van der Waals surface area contributed by atoms with E-state index in [1.807, 2.05) is 0 Å². The summed E-state index contributed by atoms with van der Waals surface area (Å²) in [7, 11) is 0. The fourth-order valence-electron chi connectivity index (χ4n) is 3.17. The van der Waals surface area contributed by atoms with Gasteiger partial charge in [-0.1, -0.05) is 6.07 Å². The fraction of sp³-hybridized carbons (Fsp3) is 0.579. The maximum Gasteiger partial charge on any atom is 0.433 e. The molecule has 28 heavy (non-hydrogen) atoms. The third-order valence-corrected chi connectivity index (χ3v) is 5.28. The van der Waals surface area contributed by atoms with Crippen molar-refractivity contribution >= 4 is 11.9 Å². The molecule has 0 radical (unpaired) electrons. The Balaban J connectivity index is 1.66. The number of hydrogen-bond donors (Lipinski definition) is 2. The lowest BCUT2D eigenvalue weighted by molar-refractivity contribution is -0.141. The van der Waals surface area contributed by atoms with E-state index in [2.05, 4.69) is 44.4 Å². The lowest BCUT2D eigenvalue weighted by Gasteiger charge is -2.17. The highest BCUT2D eigenvalue weighted by atomic mass is 19.4. The zero-order valence-corrected chi connectivity index (χ0v) is 15.8. The van der Waals surface area contributed by atoms with Crippen molar-refractivity contribution in [2.45, 2.75) is 57.8 Å². The first-order chi connectivity index (χ1) is 13.3. The van der Waals surface area contributed by atoms with Gasteiger partial charge in [0.15, 0.2) is 5.82 Å². The van der Waals surface area contributed by atoms with Crippen molar-refractivity contribution in [2.75, 3.05) is 10.6 Å². The van der Waals surface area contributed by atoms with E-state index in [1.54, 1.807) is 0 Å². The predicted octanol–water partition coefficient (Wildman–Crippen LogP) is 4.37. The highest BCUT2D eigenvalue weighted by molar-refractivity contribution is 5.54. The molecule has 0 saturated heterocycles. The van der Waals surface area contributed by atoms with Crippen molar-refractivity contribution in [2.24, 2.45) is 11.8 Å². The minimum absolute atomic E-state index is 0.0708. The van der Waals surface area contributed by atoms with Crippen LogP contribution in [0.5, 0.6) is 0 Å². The van der Waals surface area contributed by atoms with E-state index in [1.165, 1.54) is 12.1 Å². The zero-order chi connectivity index (χ0) is 19.9. The van der Waals surface area contributed by atoms with Gasteiger partial charge in [0.2, 0.25) is 11.9 Å². The number of rotatable bonds is 7. The summed E-state index contributed by atoms with van der Waals surface area (Å²) in [6.07, 6.45) is 0.110. The van der Waals surface area contributed by atoms with Gasteiger partial charge in [0.05, 0.1) is 0 Å². The van der Waals surface area contributed by atoms with Crippen molar-refractivity contribution < 1.29 is 13.2 Å². The average Bonchev–Trinajstić information content (AvgIpc) is 3.53. The van der Waals surface area contributed by atoms with Crippen LogP contribution in [-0.2, 0) is 6.18 Å². The third kappa shape index (κ3) is 4.51. The van der Waals surface area contributed by atoms with Crippen LogP contribution in [0.1, 0.15) is 45.2 Å². The molecule has 4 rings (SSSR count). The second-order valence-electron chi connectivity index (χ2n) is 7.75. The number of anilines is 2. The smallest absolute Gasteiger partial charge is 0.351 e. The van der Waals surface area contributed by atoms with Gasteiger partial charge in [0, 0.05) is 12.1 Å². The van der Waals surface area contributed by atoms with Crippen molar-refractivity contribution in [3.8, 4) is 11.5 Å². The van der Waals surface area contributed by atoms with Crippen LogP contribution in [0.25, 0.3) is 11.5 Å². The van der Waals surface area contributed by atoms with E-state index in [0.717, 1.165) is 31.7 Å². The molecule has 150 valence electrons. The number of alkyl halides is 3. The average molecular weight is 392 g/mol. The Kier molecular flexibility index (Phi) is 4.84.